The predicted octanol–water partition coefficient (Wildman–Crippen LogP) is 4.12. The number of nitrogens with one attached hydrogen (secondary N) is 1. The third-order valence-electron chi connectivity index (χ3n) is 3.40. The standard InChI is InChI=1S/C17H12ClN3O3S/c1-9-6-20-13(7-19-9)15(22)21-16-14(17(23)24)12(8-25-16)10-2-4-11(18)5-3-10/h2-8H,1H3,(H,21,22)(H,23,24). The number of aryl methyl sites for hydroxylation is 1. The molecule has 2 aromatic heterocycles. The molecule has 25 heavy (non-hydrogen) atoms. The van der Waals surface area contributed by atoms with Crippen LogP contribution in [0, 0.1) is 6.92 Å². The lowest BCUT2D eigenvalue weighted by Crippen LogP contribution is -2.15. The molecule has 0 saturated carbocycles. The van der Waals surface area contributed by atoms with E-state index in [0.717, 1.165) is 11.3 Å². The quantitative estimate of drug-likeness (QED) is 0.717. The fraction of sp³-hybridized carbons (Fsp3) is 0.0588. The van der Waals surface area contributed by atoms with Crippen molar-refractivity contribution in [2.24, 2.45) is 0 Å². The summed E-state index contributed by atoms with van der Waals surface area (Å²) in [5.74, 6) is -1.64. The van der Waals surface area contributed by atoms with Crippen LogP contribution in [-0.4, -0.2) is 27.0 Å². The Morgan fingerprint density at radius 1 is 1.16 bits per heavy atom. The van der Waals surface area contributed by atoms with Gasteiger partial charge in [-0.15, -0.1) is 11.3 Å². The number of thiophene rings is 1. The molecule has 0 atom stereocenters. The van der Waals surface area contributed by atoms with E-state index < -0.39 is 11.9 Å². The van der Waals surface area contributed by atoms with Crippen LogP contribution in [0.25, 0.3) is 11.1 Å². The smallest absolute Gasteiger partial charge is 0.339 e. The Hall–Kier alpha value is -2.77. The first-order valence-electron chi connectivity index (χ1n) is 7.16. The number of carboxylic acid groups (broad SMARTS) is 1. The number of amides is 1. The summed E-state index contributed by atoms with van der Waals surface area (Å²) >= 11 is 7.01. The van der Waals surface area contributed by atoms with E-state index in [1.54, 1.807) is 36.6 Å². The lowest BCUT2D eigenvalue weighted by molar-refractivity contribution is 0.0699. The SMILES string of the molecule is Cc1cnc(C(=O)Nc2scc(-c3ccc(Cl)cc3)c2C(=O)O)cn1. The van der Waals surface area contributed by atoms with Crippen molar-refractivity contribution in [3.8, 4) is 11.1 Å². The fourth-order valence-corrected chi connectivity index (χ4v) is 3.26. The Morgan fingerprint density at radius 3 is 2.48 bits per heavy atom. The molecule has 1 aromatic carbocycles. The molecule has 3 rings (SSSR count). The second-order valence-electron chi connectivity index (χ2n) is 5.16. The summed E-state index contributed by atoms with van der Waals surface area (Å²) in [6.07, 6.45) is 2.82. The third-order valence-corrected chi connectivity index (χ3v) is 4.55. The number of hydrogen-bond donors (Lipinski definition) is 2. The molecule has 0 aliphatic heterocycles. The minimum absolute atomic E-state index is 0.0285. The van der Waals surface area contributed by atoms with Crippen LogP contribution in [0.5, 0.6) is 0 Å². The second-order valence-corrected chi connectivity index (χ2v) is 6.48. The van der Waals surface area contributed by atoms with Gasteiger partial charge in [0.2, 0.25) is 0 Å². The van der Waals surface area contributed by atoms with Gasteiger partial charge >= 0.3 is 5.97 Å². The van der Waals surface area contributed by atoms with Gasteiger partial charge in [0.15, 0.2) is 0 Å². The number of carbonyl (C=O) groups is 2. The predicted molar refractivity (Wildman–Crippen MR) is 96.4 cm³/mol. The number of halogens is 1. The Bertz CT molecular complexity index is 937. The van der Waals surface area contributed by atoms with E-state index in [2.05, 4.69) is 15.3 Å². The number of rotatable bonds is 4. The molecular weight excluding hydrogens is 362 g/mol. The maximum atomic E-state index is 12.3. The number of anilines is 1. The molecule has 8 heteroatoms. The van der Waals surface area contributed by atoms with Crippen LogP contribution in [0.15, 0.2) is 42.0 Å². The number of nitrogens with zero attached hydrogens (tertiary/aromatic N) is 2. The summed E-state index contributed by atoms with van der Waals surface area (Å²) in [6, 6.07) is 6.82. The molecule has 6 nitrogen and oxygen atoms in total. The first kappa shape index (κ1) is 17.1. The van der Waals surface area contributed by atoms with Gasteiger partial charge in [0.25, 0.3) is 5.91 Å². The van der Waals surface area contributed by atoms with Crippen LogP contribution >= 0.6 is 22.9 Å². The highest BCUT2D eigenvalue weighted by molar-refractivity contribution is 7.15. The van der Waals surface area contributed by atoms with Gasteiger partial charge < -0.3 is 10.4 Å². The number of carbonyl (C=O) groups excluding carboxylic acids is 1. The van der Waals surface area contributed by atoms with Crippen LogP contribution < -0.4 is 5.32 Å². The third kappa shape index (κ3) is 3.67. The highest BCUT2D eigenvalue weighted by Gasteiger charge is 2.22. The number of hydrogen-bond acceptors (Lipinski definition) is 5. The number of aromatic carboxylic acids is 1. The molecule has 0 bridgehead atoms. The van der Waals surface area contributed by atoms with Gasteiger partial charge in [-0.1, -0.05) is 23.7 Å². The number of benzene rings is 1. The summed E-state index contributed by atoms with van der Waals surface area (Å²) in [4.78, 5) is 32.0. The van der Waals surface area contributed by atoms with Gasteiger partial charge in [-0.3, -0.25) is 9.78 Å². The van der Waals surface area contributed by atoms with Crippen molar-refractivity contribution >= 4 is 39.8 Å². The molecule has 2 heterocycles. The first-order chi connectivity index (χ1) is 12.0. The zero-order valence-corrected chi connectivity index (χ0v) is 14.6. The molecule has 126 valence electrons. The average molecular weight is 374 g/mol. The van der Waals surface area contributed by atoms with Crippen molar-refractivity contribution in [1.82, 2.24) is 9.97 Å². The maximum absolute atomic E-state index is 12.3. The highest BCUT2D eigenvalue weighted by atomic mass is 35.5. The van der Waals surface area contributed by atoms with Crippen molar-refractivity contribution in [2.75, 3.05) is 5.32 Å². The van der Waals surface area contributed by atoms with Crippen molar-refractivity contribution in [3.63, 3.8) is 0 Å². The molecule has 0 aliphatic rings. The van der Waals surface area contributed by atoms with Crippen molar-refractivity contribution in [3.05, 3.63) is 64.0 Å². The van der Waals surface area contributed by atoms with Crippen LogP contribution in [0.2, 0.25) is 5.02 Å². The summed E-state index contributed by atoms with van der Waals surface area (Å²) in [5.41, 5.74) is 2.04. The van der Waals surface area contributed by atoms with Gasteiger partial charge in [-0.25, -0.2) is 9.78 Å². The van der Waals surface area contributed by atoms with Gasteiger partial charge in [0.1, 0.15) is 16.3 Å². The summed E-state index contributed by atoms with van der Waals surface area (Å²) in [5, 5.41) is 14.7. The van der Waals surface area contributed by atoms with Crippen LogP contribution in [0.4, 0.5) is 5.00 Å². The molecule has 0 spiro atoms. The van der Waals surface area contributed by atoms with Gasteiger partial charge in [-0.05, 0) is 24.6 Å². The molecule has 0 saturated heterocycles. The molecular formula is C17H12ClN3O3S. The van der Waals surface area contributed by atoms with Gasteiger partial charge in [-0.2, -0.15) is 0 Å². The zero-order valence-electron chi connectivity index (χ0n) is 13.0. The van der Waals surface area contributed by atoms with Crippen LogP contribution in [0.1, 0.15) is 26.5 Å². The molecule has 0 unspecified atom stereocenters. The highest BCUT2D eigenvalue weighted by Crippen LogP contribution is 2.36. The van der Waals surface area contributed by atoms with Crippen LogP contribution in [-0.2, 0) is 0 Å². The van der Waals surface area contributed by atoms with E-state index in [-0.39, 0.29) is 16.3 Å². The van der Waals surface area contributed by atoms with E-state index in [1.165, 1.54) is 12.4 Å². The Morgan fingerprint density at radius 2 is 1.88 bits per heavy atom. The second kappa shape index (κ2) is 7.00. The Balaban J connectivity index is 1.94. The zero-order chi connectivity index (χ0) is 18.0. The number of carboxylic acids is 1. The Labute approximate surface area is 152 Å². The summed E-state index contributed by atoms with van der Waals surface area (Å²) in [6.45, 7) is 1.76. The van der Waals surface area contributed by atoms with Crippen molar-refractivity contribution in [2.45, 2.75) is 6.92 Å². The minimum Gasteiger partial charge on any atom is -0.478 e. The van der Waals surface area contributed by atoms with E-state index >= 15 is 0 Å². The topological polar surface area (TPSA) is 92.2 Å². The summed E-state index contributed by atoms with van der Waals surface area (Å²) in [7, 11) is 0. The normalized spacial score (nSPS) is 10.5. The molecule has 0 aliphatic carbocycles. The lowest BCUT2D eigenvalue weighted by atomic mass is 10.0. The largest absolute Gasteiger partial charge is 0.478 e. The average Bonchev–Trinajstić information content (AvgIpc) is 3.00. The van der Waals surface area contributed by atoms with Crippen molar-refractivity contribution < 1.29 is 14.7 Å². The number of aromatic nitrogens is 2. The molecule has 2 N–H and O–H groups in total. The monoisotopic (exact) mass is 373 g/mol. The van der Waals surface area contributed by atoms with E-state index in [9.17, 15) is 14.7 Å². The van der Waals surface area contributed by atoms with Crippen LogP contribution in [0.3, 0.4) is 0 Å². The van der Waals surface area contributed by atoms with E-state index in [0.29, 0.717) is 21.8 Å². The van der Waals surface area contributed by atoms with Crippen molar-refractivity contribution in [1.29, 1.82) is 0 Å². The van der Waals surface area contributed by atoms with Gasteiger partial charge in [0.05, 0.1) is 11.9 Å². The van der Waals surface area contributed by atoms with E-state index in [4.69, 9.17) is 11.6 Å². The first-order valence-corrected chi connectivity index (χ1v) is 8.42. The maximum Gasteiger partial charge on any atom is 0.339 e. The molecule has 0 fully saturated rings. The van der Waals surface area contributed by atoms with E-state index in [1.807, 2.05) is 0 Å². The molecule has 0 radical (unpaired) electrons. The molecule has 3 aromatic rings. The fourth-order valence-electron chi connectivity index (χ4n) is 2.18. The van der Waals surface area contributed by atoms with Gasteiger partial charge in [0, 0.05) is 22.2 Å². The Kier molecular flexibility index (Phi) is 4.78. The molecule has 1 amide bonds. The summed E-state index contributed by atoms with van der Waals surface area (Å²) < 4.78 is 0. The minimum atomic E-state index is -1.13. The lowest BCUT2D eigenvalue weighted by Gasteiger charge is -2.06.